The van der Waals surface area contributed by atoms with Gasteiger partial charge in [0.1, 0.15) is 0 Å². The number of carbonyl (C=O) groups excluding carboxylic acids is 2. The van der Waals surface area contributed by atoms with Crippen LogP contribution >= 0.6 is 0 Å². The van der Waals surface area contributed by atoms with E-state index in [1.165, 1.54) is 11.8 Å². The van der Waals surface area contributed by atoms with Gasteiger partial charge in [-0.2, -0.15) is 5.10 Å². The molecule has 3 rings (SSSR count). The van der Waals surface area contributed by atoms with E-state index in [-0.39, 0.29) is 5.91 Å². The Morgan fingerprint density at radius 1 is 1.33 bits per heavy atom. The van der Waals surface area contributed by atoms with E-state index in [0.29, 0.717) is 35.6 Å². The Bertz CT molecular complexity index is 806. The zero-order valence-corrected chi connectivity index (χ0v) is 13.8. The molecule has 1 fully saturated rings. The molecule has 0 atom stereocenters. The normalized spacial score (nSPS) is 14.4. The predicted octanol–water partition coefficient (Wildman–Crippen LogP) is 0.999. The summed E-state index contributed by atoms with van der Waals surface area (Å²) in [5.41, 5.74) is 2.93. The van der Waals surface area contributed by atoms with Gasteiger partial charge in [0.2, 0.25) is 0 Å². The van der Waals surface area contributed by atoms with E-state index in [2.05, 4.69) is 5.10 Å². The number of methoxy groups -OCH3 is 1. The second-order valence-corrected chi connectivity index (χ2v) is 5.87. The average Bonchev–Trinajstić information content (AvgIpc) is 2.84. The monoisotopic (exact) mass is 329 g/mol. The van der Waals surface area contributed by atoms with Gasteiger partial charge < -0.3 is 14.7 Å². The van der Waals surface area contributed by atoms with Gasteiger partial charge in [-0.15, -0.1) is 0 Å². The lowest BCUT2D eigenvalue weighted by Gasteiger charge is -2.35. The number of likely N-dealkylation sites (tertiary alicyclic amines) is 1. The van der Waals surface area contributed by atoms with Crippen LogP contribution in [0.1, 0.15) is 26.5 Å². The molecule has 2 heterocycles. The van der Waals surface area contributed by atoms with Crippen molar-refractivity contribution in [3.05, 3.63) is 41.2 Å². The van der Waals surface area contributed by atoms with E-state index in [0.717, 1.165) is 5.56 Å². The summed E-state index contributed by atoms with van der Waals surface area (Å²) >= 11 is 0. The minimum Gasteiger partial charge on any atom is -0.464 e. The van der Waals surface area contributed by atoms with Crippen LogP contribution in [0.25, 0.3) is 11.1 Å². The van der Waals surface area contributed by atoms with Crippen LogP contribution in [0.2, 0.25) is 0 Å². The van der Waals surface area contributed by atoms with Crippen molar-refractivity contribution in [3.8, 4) is 11.1 Å². The molecule has 0 unspecified atom stereocenters. The number of β-amino-alcohol motifs (C(OH)–C–C–N with tert-alkyl or cyclic N) is 1. The van der Waals surface area contributed by atoms with Crippen LogP contribution in [0.15, 0.2) is 24.3 Å². The zero-order chi connectivity index (χ0) is 17.4. The Morgan fingerprint density at radius 3 is 2.67 bits per heavy atom. The topological polar surface area (TPSA) is 84.7 Å². The van der Waals surface area contributed by atoms with Crippen LogP contribution in [0.3, 0.4) is 0 Å². The van der Waals surface area contributed by atoms with E-state index >= 15 is 0 Å². The number of aromatic nitrogens is 2. The van der Waals surface area contributed by atoms with Gasteiger partial charge >= 0.3 is 5.97 Å². The SMILES string of the molecule is COC(=O)c1c(-c2cccc(C(=O)N3CC(O)C3)c2)c(C)nn1C. The van der Waals surface area contributed by atoms with Crippen molar-refractivity contribution >= 4 is 11.9 Å². The molecule has 24 heavy (non-hydrogen) atoms. The molecule has 1 aliphatic heterocycles. The standard InChI is InChI=1S/C17H19N3O4/c1-10-14(15(17(23)24-3)19(2)18-10)11-5-4-6-12(7-11)16(22)20-8-13(21)9-20/h4-7,13,21H,8-9H2,1-3H3. The number of aryl methyl sites for hydroxylation is 2. The molecule has 1 aromatic carbocycles. The van der Waals surface area contributed by atoms with Crippen LogP contribution in [0.5, 0.6) is 0 Å². The predicted molar refractivity (Wildman–Crippen MR) is 86.6 cm³/mol. The first-order valence-corrected chi connectivity index (χ1v) is 7.62. The lowest BCUT2D eigenvalue weighted by molar-refractivity contribution is 0.00590. The summed E-state index contributed by atoms with van der Waals surface area (Å²) in [4.78, 5) is 26.1. The molecule has 7 nitrogen and oxygen atoms in total. The van der Waals surface area contributed by atoms with Crippen LogP contribution < -0.4 is 0 Å². The third-order valence-electron chi connectivity index (χ3n) is 4.15. The fourth-order valence-corrected chi connectivity index (χ4v) is 2.95. The summed E-state index contributed by atoms with van der Waals surface area (Å²) in [6.45, 7) is 2.51. The number of hydrogen-bond donors (Lipinski definition) is 1. The Hall–Kier alpha value is -2.67. The maximum atomic E-state index is 12.4. The molecular formula is C17H19N3O4. The molecule has 2 aromatic rings. The molecule has 1 N–H and O–H groups in total. The third-order valence-corrected chi connectivity index (χ3v) is 4.15. The smallest absolute Gasteiger partial charge is 0.356 e. The van der Waals surface area contributed by atoms with Crippen molar-refractivity contribution in [3.63, 3.8) is 0 Å². The lowest BCUT2D eigenvalue weighted by Crippen LogP contribution is -2.53. The van der Waals surface area contributed by atoms with Gasteiger partial charge in [0.25, 0.3) is 5.91 Å². The van der Waals surface area contributed by atoms with Crippen LogP contribution in [0.4, 0.5) is 0 Å². The van der Waals surface area contributed by atoms with Crippen molar-refractivity contribution < 1.29 is 19.4 Å². The Labute approximate surface area is 139 Å². The summed E-state index contributed by atoms with van der Waals surface area (Å²) in [5.74, 6) is -0.612. The highest BCUT2D eigenvalue weighted by Crippen LogP contribution is 2.29. The molecular weight excluding hydrogens is 310 g/mol. The third kappa shape index (κ3) is 2.67. The number of esters is 1. The largest absolute Gasteiger partial charge is 0.464 e. The quantitative estimate of drug-likeness (QED) is 0.849. The van der Waals surface area contributed by atoms with Gasteiger partial charge in [-0.3, -0.25) is 9.48 Å². The fraction of sp³-hybridized carbons (Fsp3) is 0.353. The van der Waals surface area contributed by atoms with Gasteiger partial charge in [-0.25, -0.2) is 4.79 Å². The summed E-state index contributed by atoms with van der Waals surface area (Å²) in [5, 5.41) is 13.6. The van der Waals surface area contributed by atoms with Gasteiger partial charge in [0, 0.05) is 31.3 Å². The van der Waals surface area contributed by atoms with Crippen molar-refractivity contribution in [1.29, 1.82) is 0 Å². The van der Waals surface area contributed by atoms with Crippen molar-refractivity contribution in [2.24, 2.45) is 7.05 Å². The molecule has 0 radical (unpaired) electrons. The highest BCUT2D eigenvalue weighted by molar-refractivity contribution is 5.99. The first kappa shape index (κ1) is 16.2. The van der Waals surface area contributed by atoms with Crippen LogP contribution in [-0.4, -0.2) is 58.0 Å². The molecule has 126 valence electrons. The van der Waals surface area contributed by atoms with Crippen LogP contribution in [0, 0.1) is 6.92 Å². The maximum absolute atomic E-state index is 12.4. The van der Waals surface area contributed by atoms with E-state index in [1.807, 2.05) is 13.0 Å². The van der Waals surface area contributed by atoms with E-state index in [9.17, 15) is 14.7 Å². The number of carbonyl (C=O) groups is 2. The number of benzene rings is 1. The summed E-state index contributed by atoms with van der Waals surface area (Å²) in [7, 11) is 3.00. The number of ether oxygens (including phenoxy) is 1. The Balaban J connectivity index is 2.01. The summed E-state index contributed by atoms with van der Waals surface area (Å²) in [6, 6.07) is 7.06. The second kappa shape index (κ2) is 6.09. The van der Waals surface area contributed by atoms with Crippen molar-refractivity contribution in [2.45, 2.75) is 13.0 Å². The number of aliphatic hydroxyl groups is 1. The minimum absolute atomic E-state index is 0.136. The first-order valence-electron chi connectivity index (χ1n) is 7.62. The molecule has 1 aliphatic rings. The lowest BCUT2D eigenvalue weighted by atomic mass is 9.99. The number of nitrogens with zero attached hydrogens (tertiary/aromatic N) is 3. The van der Waals surface area contributed by atoms with E-state index in [1.54, 1.807) is 30.1 Å². The van der Waals surface area contributed by atoms with Gasteiger partial charge in [-0.05, 0) is 24.6 Å². The fourth-order valence-electron chi connectivity index (χ4n) is 2.95. The van der Waals surface area contributed by atoms with Gasteiger partial charge in [-0.1, -0.05) is 12.1 Å². The molecule has 0 spiro atoms. The van der Waals surface area contributed by atoms with Gasteiger partial charge in [0.15, 0.2) is 5.69 Å². The minimum atomic E-state index is -0.476. The molecule has 7 heteroatoms. The number of hydrogen-bond acceptors (Lipinski definition) is 5. The van der Waals surface area contributed by atoms with Gasteiger partial charge in [0.05, 0.1) is 18.9 Å². The zero-order valence-electron chi connectivity index (χ0n) is 13.8. The van der Waals surface area contributed by atoms with E-state index < -0.39 is 12.1 Å². The maximum Gasteiger partial charge on any atom is 0.356 e. The molecule has 1 aromatic heterocycles. The first-order chi connectivity index (χ1) is 11.4. The molecule has 0 bridgehead atoms. The van der Waals surface area contributed by atoms with E-state index in [4.69, 9.17) is 4.74 Å². The number of rotatable bonds is 3. The summed E-state index contributed by atoms with van der Waals surface area (Å²) < 4.78 is 6.33. The molecule has 1 amide bonds. The Kier molecular flexibility index (Phi) is 4.11. The van der Waals surface area contributed by atoms with Crippen molar-refractivity contribution in [1.82, 2.24) is 14.7 Å². The summed E-state index contributed by atoms with van der Waals surface area (Å²) in [6.07, 6.45) is -0.441. The highest BCUT2D eigenvalue weighted by Gasteiger charge is 2.30. The number of amides is 1. The van der Waals surface area contributed by atoms with Crippen LogP contribution in [-0.2, 0) is 11.8 Å². The number of aliphatic hydroxyl groups excluding tert-OH is 1. The molecule has 0 aliphatic carbocycles. The highest BCUT2D eigenvalue weighted by atomic mass is 16.5. The van der Waals surface area contributed by atoms with Crippen molar-refractivity contribution in [2.75, 3.05) is 20.2 Å². The average molecular weight is 329 g/mol. The second-order valence-electron chi connectivity index (χ2n) is 5.87. The molecule has 1 saturated heterocycles. The Morgan fingerprint density at radius 2 is 2.04 bits per heavy atom. The molecule has 0 saturated carbocycles.